The van der Waals surface area contributed by atoms with Crippen LogP contribution >= 0.6 is 11.8 Å². The lowest BCUT2D eigenvalue weighted by atomic mass is 10.2. The number of carbonyl (C=O) groups excluding carboxylic acids is 2. The zero-order valence-electron chi connectivity index (χ0n) is 8.10. The van der Waals surface area contributed by atoms with Crippen LogP contribution in [0, 0.1) is 0 Å². The fourth-order valence-corrected chi connectivity index (χ4v) is 1.69. The maximum absolute atomic E-state index is 10.8. The standard InChI is InChI=1S/C10H10O4S/c1-14-10(13)6-15-8-2-3-9(12)7(4-8)5-11/h2-5,12H,6H2,1H3. The SMILES string of the molecule is COC(=O)CSc1ccc(O)c(C=O)c1. The number of aromatic hydroxyl groups is 1. The highest BCUT2D eigenvalue weighted by Crippen LogP contribution is 2.24. The van der Waals surface area contributed by atoms with Gasteiger partial charge in [0.25, 0.3) is 0 Å². The molecule has 1 aromatic carbocycles. The van der Waals surface area contributed by atoms with E-state index in [-0.39, 0.29) is 23.0 Å². The summed E-state index contributed by atoms with van der Waals surface area (Å²) in [5.74, 6) is -0.215. The molecular weight excluding hydrogens is 216 g/mol. The molecule has 5 heteroatoms. The van der Waals surface area contributed by atoms with E-state index in [2.05, 4.69) is 4.74 Å². The summed E-state index contributed by atoms with van der Waals surface area (Å²) in [4.78, 5) is 22.1. The topological polar surface area (TPSA) is 63.6 Å². The quantitative estimate of drug-likeness (QED) is 0.478. The van der Waals surface area contributed by atoms with Crippen LogP contribution in [0.3, 0.4) is 0 Å². The first kappa shape index (κ1) is 11.6. The number of ether oxygens (including phenoxy) is 1. The van der Waals surface area contributed by atoms with Gasteiger partial charge in [-0.25, -0.2) is 0 Å². The Morgan fingerprint density at radius 2 is 2.33 bits per heavy atom. The van der Waals surface area contributed by atoms with Crippen LogP contribution in [0.1, 0.15) is 10.4 Å². The van der Waals surface area contributed by atoms with Crippen molar-refractivity contribution in [2.45, 2.75) is 4.90 Å². The van der Waals surface area contributed by atoms with Gasteiger partial charge >= 0.3 is 5.97 Å². The number of carbonyl (C=O) groups is 2. The van der Waals surface area contributed by atoms with Crippen molar-refractivity contribution >= 4 is 24.0 Å². The van der Waals surface area contributed by atoms with Crippen LogP contribution in [0.2, 0.25) is 0 Å². The zero-order valence-corrected chi connectivity index (χ0v) is 8.91. The molecule has 0 aliphatic heterocycles. The Morgan fingerprint density at radius 1 is 1.60 bits per heavy atom. The van der Waals surface area contributed by atoms with E-state index in [0.717, 1.165) is 4.90 Å². The minimum atomic E-state index is -0.333. The predicted molar refractivity (Wildman–Crippen MR) is 56.2 cm³/mol. The molecular formula is C10H10O4S. The van der Waals surface area contributed by atoms with Crippen LogP contribution in [0.15, 0.2) is 23.1 Å². The van der Waals surface area contributed by atoms with Crippen molar-refractivity contribution < 1.29 is 19.4 Å². The van der Waals surface area contributed by atoms with Crippen molar-refractivity contribution in [2.75, 3.05) is 12.9 Å². The molecule has 0 fully saturated rings. The second kappa shape index (κ2) is 5.41. The highest BCUT2D eigenvalue weighted by atomic mass is 32.2. The third-order valence-electron chi connectivity index (χ3n) is 1.71. The molecule has 0 atom stereocenters. The fraction of sp³-hybridized carbons (Fsp3) is 0.200. The summed E-state index contributed by atoms with van der Waals surface area (Å²) >= 11 is 1.25. The summed E-state index contributed by atoms with van der Waals surface area (Å²) < 4.78 is 4.47. The van der Waals surface area contributed by atoms with Gasteiger partial charge in [0, 0.05) is 4.90 Å². The summed E-state index contributed by atoms with van der Waals surface area (Å²) in [5.41, 5.74) is 0.213. The molecule has 1 rings (SSSR count). The second-order valence-electron chi connectivity index (χ2n) is 2.70. The van der Waals surface area contributed by atoms with Crippen LogP contribution in [-0.4, -0.2) is 30.2 Å². The van der Waals surface area contributed by atoms with Crippen LogP contribution < -0.4 is 0 Å². The molecule has 0 unspecified atom stereocenters. The van der Waals surface area contributed by atoms with E-state index in [0.29, 0.717) is 6.29 Å². The molecule has 0 saturated carbocycles. The summed E-state index contributed by atoms with van der Waals surface area (Å²) in [7, 11) is 1.32. The number of hydrogen-bond acceptors (Lipinski definition) is 5. The third kappa shape index (κ3) is 3.28. The van der Waals surface area contributed by atoms with Gasteiger partial charge in [-0.15, -0.1) is 11.8 Å². The van der Waals surface area contributed by atoms with Crippen LogP contribution in [0.5, 0.6) is 5.75 Å². The number of rotatable bonds is 4. The Labute approximate surface area is 91.2 Å². The van der Waals surface area contributed by atoms with Crippen molar-refractivity contribution in [1.82, 2.24) is 0 Å². The van der Waals surface area contributed by atoms with Crippen LogP contribution in [0.4, 0.5) is 0 Å². The van der Waals surface area contributed by atoms with E-state index in [1.807, 2.05) is 0 Å². The van der Waals surface area contributed by atoms with Gasteiger partial charge in [0.2, 0.25) is 0 Å². The minimum Gasteiger partial charge on any atom is -0.507 e. The van der Waals surface area contributed by atoms with Crippen LogP contribution in [-0.2, 0) is 9.53 Å². The number of phenols is 1. The van der Waals surface area contributed by atoms with E-state index in [1.54, 1.807) is 6.07 Å². The Balaban J connectivity index is 2.70. The molecule has 0 bridgehead atoms. The smallest absolute Gasteiger partial charge is 0.315 e. The molecule has 0 saturated heterocycles. The normalized spacial score (nSPS) is 9.67. The largest absolute Gasteiger partial charge is 0.507 e. The highest BCUT2D eigenvalue weighted by Gasteiger charge is 2.05. The lowest BCUT2D eigenvalue weighted by Crippen LogP contribution is -2.02. The molecule has 0 spiro atoms. The van der Waals surface area contributed by atoms with Gasteiger partial charge in [-0.3, -0.25) is 9.59 Å². The van der Waals surface area contributed by atoms with E-state index >= 15 is 0 Å². The number of hydrogen-bond donors (Lipinski definition) is 1. The molecule has 15 heavy (non-hydrogen) atoms. The number of phenolic OH excluding ortho intramolecular Hbond substituents is 1. The number of benzene rings is 1. The summed E-state index contributed by atoms with van der Waals surface area (Å²) in [6.07, 6.45) is 0.567. The van der Waals surface area contributed by atoms with Gasteiger partial charge in [0.1, 0.15) is 5.75 Å². The maximum Gasteiger partial charge on any atom is 0.315 e. The lowest BCUT2D eigenvalue weighted by Gasteiger charge is -2.02. The van der Waals surface area contributed by atoms with Crippen molar-refractivity contribution in [3.63, 3.8) is 0 Å². The Kier molecular flexibility index (Phi) is 4.17. The first-order chi connectivity index (χ1) is 7.17. The number of methoxy groups -OCH3 is 1. The zero-order chi connectivity index (χ0) is 11.3. The Bertz CT molecular complexity index is 376. The monoisotopic (exact) mass is 226 g/mol. The predicted octanol–water partition coefficient (Wildman–Crippen LogP) is 1.47. The van der Waals surface area contributed by atoms with E-state index in [1.165, 1.54) is 31.0 Å². The second-order valence-corrected chi connectivity index (χ2v) is 3.75. The van der Waals surface area contributed by atoms with Crippen molar-refractivity contribution in [3.8, 4) is 5.75 Å². The molecule has 0 aliphatic carbocycles. The highest BCUT2D eigenvalue weighted by molar-refractivity contribution is 8.00. The first-order valence-corrected chi connectivity index (χ1v) is 5.13. The van der Waals surface area contributed by atoms with Crippen molar-refractivity contribution in [1.29, 1.82) is 0 Å². The van der Waals surface area contributed by atoms with Gasteiger partial charge in [-0.05, 0) is 18.2 Å². The molecule has 1 aromatic rings. The number of aldehydes is 1. The van der Waals surface area contributed by atoms with E-state index in [4.69, 9.17) is 0 Å². The van der Waals surface area contributed by atoms with Gasteiger partial charge < -0.3 is 9.84 Å². The van der Waals surface area contributed by atoms with Crippen LogP contribution in [0.25, 0.3) is 0 Å². The molecule has 0 heterocycles. The number of thioether (sulfide) groups is 1. The fourth-order valence-electron chi connectivity index (χ4n) is 0.918. The Hall–Kier alpha value is -1.49. The van der Waals surface area contributed by atoms with Gasteiger partial charge in [-0.1, -0.05) is 0 Å². The van der Waals surface area contributed by atoms with E-state index in [9.17, 15) is 14.7 Å². The molecule has 80 valence electrons. The van der Waals surface area contributed by atoms with Crippen molar-refractivity contribution in [2.24, 2.45) is 0 Å². The Morgan fingerprint density at radius 3 is 2.93 bits per heavy atom. The summed E-state index contributed by atoms with van der Waals surface area (Å²) in [6.45, 7) is 0. The van der Waals surface area contributed by atoms with Crippen molar-refractivity contribution in [3.05, 3.63) is 23.8 Å². The average Bonchev–Trinajstić information content (AvgIpc) is 2.27. The molecule has 0 radical (unpaired) electrons. The van der Waals surface area contributed by atoms with Gasteiger partial charge in [0.15, 0.2) is 6.29 Å². The average molecular weight is 226 g/mol. The minimum absolute atomic E-state index is 0.0626. The van der Waals surface area contributed by atoms with E-state index < -0.39 is 0 Å². The summed E-state index contributed by atoms with van der Waals surface area (Å²) in [5, 5.41) is 9.23. The number of esters is 1. The first-order valence-electron chi connectivity index (χ1n) is 4.15. The maximum atomic E-state index is 10.8. The molecule has 1 N–H and O–H groups in total. The molecule has 4 nitrogen and oxygen atoms in total. The van der Waals surface area contributed by atoms with Gasteiger partial charge in [-0.2, -0.15) is 0 Å². The molecule has 0 aromatic heterocycles. The summed E-state index contributed by atoms with van der Waals surface area (Å²) in [6, 6.07) is 4.58. The third-order valence-corrected chi connectivity index (χ3v) is 2.68. The molecule has 0 amide bonds. The molecule has 0 aliphatic rings. The lowest BCUT2D eigenvalue weighted by molar-refractivity contribution is -0.137. The van der Waals surface area contributed by atoms with Gasteiger partial charge in [0.05, 0.1) is 18.4 Å².